The Kier molecular flexibility index (Phi) is 5.66. The van der Waals surface area contributed by atoms with Crippen molar-refractivity contribution in [3.63, 3.8) is 0 Å². The number of carbonyl (C=O) groups is 1. The fourth-order valence-electron chi connectivity index (χ4n) is 2.86. The van der Waals surface area contributed by atoms with Gasteiger partial charge in [0.1, 0.15) is 5.75 Å². The van der Waals surface area contributed by atoms with Crippen molar-refractivity contribution in [3.05, 3.63) is 102 Å². The highest BCUT2D eigenvalue weighted by atomic mass is 16.5. The number of rotatable bonds is 7. The van der Waals surface area contributed by atoms with E-state index in [4.69, 9.17) is 9.26 Å². The Hall–Kier alpha value is -4.19. The average molecular weight is 397 g/mol. The smallest absolute Gasteiger partial charge is 0.298 e. The van der Waals surface area contributed by atoms with Gasteiger partial charge < -0.3 is 14.6 Å². The molecule has 0 saturated heterocycles. The number of hydrogen-bond acceptors (Lipinski definition) is 6. The molecule has 6 heteroatoms. The number of nitrogens with one attached hydrogen (secondary N) is 1. The zero-order chi connectivity index (χ0) is 20.8. The third kappa shape index (κ3) is 4.44. The van der Waals surface area contributed by atoms with E-state index in [1.54, 1.807) is 7.11 Å². The van der Waals surface area contributed by atoms with Gasteiger partial charge in [-0.3, -0.25) is 4.79 Å². The van der Waals surface area contributed by atoms with Crippen molar-refractivity contribution in [2.45, 2.75) is 0 Å². The zero-order valence-corrected chi connectivity index (χ0v) is 16.3. The van der Waals surface area contributed by atoms with Crippen LogP contribution in [0, 0.1) is 0 Å². The highest BCUT2D eigenvalue weighted by Crippen LogP contribution is 2.22. The highest BCUT2D eigenvalue weighted by molar-refractivity contribution is 6.07. The molecule has 3 aromatic carbocycles. The SMILES string of the molecule is COc1ccc(C(=CC(=O)c2nc(-c3ccccc3)no2)Nc2ccccc2)cc1. The molecular weight excluding hydrogens is 378 g/mol. The van der Waals surface area contributed by atoms with Gasteiger partial charge in [0.15, 0.2) is 0 Å². The van der Waals surface area contributed by atoms with Crippen molar-refractivity contribution in [1.29, 1.82) is 0 Å². The molecule has 0 radical (unpaired) electrons. The summed E-state index contributed by atoms with van der Waals surface area (Å²) < 4.78 is 10.4. The molecule has 4 rings (SSSR count). The van der Waals surface area contributed by atoms with Gasteiger partial charge in [0.25, 0.3) is 5.89 Å². The van der Waals surface area contributed by atoms with Crippen LogP contribution in [0.3, 0.4) is 0 Å². The number of para-hydroxylation sites is 1. The molecule has 0 aliphatic carbocycles. The highest BCUT2D eigenvalue weighted by Gasteiger charge is 2.16. The van der Waals surface area contributed by atoms with Crippen LogP contribution in [-0.2, 0) is 0 Å². The van der Waals surface area contributed by atoms with E-state index in [1.807, 2.05) is 84.9 Å². The largest absolute Gasteiger partial charge is 0.497 e. The Bertz CT molecular complexity index is 1150. The van der Waals surface area contributed by atoms with Crippen LogP contribution >= 0.6 is 0 Å². The lowest BCUT2D eigenvalue weighted by atomic mass is 10.1. The summed E-state index contributed by atoms with van der Waals surface area (Å²) in [6.07, 6.45) is 1.46. The third-order valence-electron chi connectivity index (χ3n) is 4.40. The first-order chi connectivity index (χ1) is 14.7. The Morgan fingerprint density at radius 1 is 0.933 bits per heavy atom. The van der Waals surface area contributed by atoms with Gasteiger partial charge in [0.2, 0.25) is 11.6 Å². The van der Waals surface area contributed by atoms with E-state index < -0.39 is 0 Å². The lowest BCUT2D eigenvalue weighted by Gasteiger charge is -2.11. The van der Waals surface area contributed by atoms with E-state index in [9.17, 15) is 4.79 Å². The van der Waals surface area contributed by atoms with Crippen molar-refractivity contribution >= 4 is 17.2 Å². The molecule has 0 aliphatic rings. The van der Waals surface area contributed by atoms with Crippen LogP contribution in [0.15, 0.2) is 95.5 Å². The van der Waals surface area contributed by atoms with Gasteiger partial charge in [0.05, 0.1) is 7.11 Å². The molecular formula is C24H19N3O3. The van der Waals surface area contributed by atoms with Gasteiger partial charge in [0, 0.05) is 23.0 Å². The van der Waals surface area contributed by atoms with Gasteiger partial charge >= 0.3 is 0 Å². The Morgan fingerprint density at radius 2 is 1.60 bits per heavy atom. The zero-order valence-electron chi connectivity index (χ0n) is 16.3. The number of ketones is 1. The predicted octanol–water partition coefficient (Wildman–Crippen LogP) is 5.08. The van der Waals surface area contributed by atoms with E-state index in [2.05, 4.69) is 15.5 Å². The maximum atomic E-state index is 12.8. The number of nitrogens with zero attached hydrogens (tertiary/aromatic N) is 2. The molecule has 1 heterocycles. The predicted molar refractivity (Wildman–Crippen MR) is 115 cm³/mol. The number of benzene rings is 3. The monoisotopic (exact) mass is 397 g/mol. The summed E-state index contributed by atoms with van der Waals surface area (Å²) in [5.74, 6) is 0.636. The third-order valence-corrected chi connectivity index (χ3v) is 4.40. The Morgan fingerprint density at radius 3 is 2.27 bits per heavy atom. The van der Waals surface area contributed by atoms with Crippen LogP contribution in [0.5, 0.6) is 5.75 Å². The molecule has 0 saturated carbocycles. The first-order valence-electron chi connectivity index (χ1n) is 9.34. The second kappa shape index (κ2) is 8.87. The molecule has 0 amide bonds. The number of allylic oxidation sites excluding steroid dienone is 1. The molecule has 1 N–H and O–H groups in total. The second-order valence-corrected chi connectivity index (χ2v) is 6.43. The van der Waals surface area contributed by atoms with Crippen LogP contribution in [0.25, 0.3) is 17.1 Å². The summed E-state index contributed by atoms with van der Waals surface area (Å²) in [6, 6.07) is 26.4. The molecule has 1 aromatic heterocycles. The van der Waals surface area contributed by atoms with E-state index in [-0.39, 0.29) is 11.7 Å². The fourth-order valence-corrected chi connectivity index (χ4v) is 2.86. The molecule has 0 spiro atoms. The standard InChI is InChI=1S/C24H19N3O3/c1-29-20-14-12-17(13-15-20)21(25-19-10-6-3-7-11-19)16-22(28)24-26-23(27-30-24)18-8-4-2-5-9-18/h2-16,25H,1H3. The Balaban J connectivity index is 1.65. The van der Waals surface area contributed by atoms with Crippen LogP contribution < -0.4 is 10.1 Å². The summed E-state index contributed by atoms with van der Waals surface area (Å²) in [6.45, 7) is 0. The molecule has 0 atom stereocenters. The first-order valence-corrected chi connectivity index (χ1v) is 9.34. The van der Waals surface area contributed by atoms with Crippen LogP contribution in [0.2, 0.25) is 0 Å². The van der Waals surface area contributed by atoms with Crippen LogP contribution in [0.4, 0.5) is 5.69 Å². The van der Waals surface area contributed by atoms with Crippen molar-refractivity contribution in [1.82, 2.24) is 10.1 Å². The van der Waals surface area contributed by atoms with Crippen LogP contribution in [-0.4, -0.2) is 23.0 Å². The second-order valence-electron chi connectivity index (χ2n) is 6.43. The summed E-state index contributed by atoms with van der Waals surface area (Å²) in [4.78, 5) is 17.1. The summed E-state index contributed by atoms with van der Waals surface area (Å²) in [5, 5.41) is 7.20. The van der Waals surface area contributed by atoms with Crippen molar-refractivity contribution in [2.24, 2.45) is 0 Å². The maximum absolute atomic E-state index is 12.8. The molecule has 0 fully saturated rings. The number of anilines is 1. The molecule has 4 aromatic rings. The summed E-state index contributed by atoms with van der Waals surface area (Å²) >= 11 is 0. The molecule has 6 nitrogen and oxygen atoms in total. The van der Waals surface area contributed by atoms with Gasteiger partial charge in [-0.25, -0.2) is 0 Å². The van der Waals surface area contributed by atoms with E-state index in [1.165, 1.54) is 6.08 Å². The quantitative estimate of drug-likeness (QED) is 0.346. The normalized spacial score (nSPS) is 11.2. The van der Waals surface area contributed by atoms with Crippen molar-refractivity contribution in [3.8, 4) is 17.1 Å². The minimum absolute atomic E-state index is 0.0743. The number of aromatic nitrogens is 2. The molecule has 148 valence electrons. The maximum Gasteiger partial charge on any atom is 0.298 e. The fraction of sp³-hybridized carbons (Fsp3) is 0.0417. The number of ether oxygens (including phenoxy) is 1. The minimum atomic E-state index is -0.390. The number of hydrogen-bond donors (Lipinski definition) is 1. The summed E-state index contributed by atoms with van der Waals surface area (Å²) in [7, 11) is 1.61. The van der Waals surface area contributed by atoms with E-state index >= 15 is 0 Å². The lowest BCUT2D eigenvalue weighted by molar-refractivity contribution is 0.100. The van der Waals surface area contributed by atoms with Gasteiger partial charge in [-0.05, 0) is 42.0 Å². The van der Waals surface area contributed by atoms with E-state index in [0.717, 1.165) is 22.6 Å². The number of methoxy groups -OCH3 is 1. The average Bonchev–Trinajstić information content (AvgIpc) is 3.31. The molecule has 0 bridgehead atoms. The topological polar surface area (TPSA) is 77.2 Å². The Labute approximate surface area is 173 Å². The van der Waals surface area contributed by atoms with Gasteiger partial charge in [-0.15, -0.1) is 0 Å². The van der Waals surface area contributed by atoms with Crippen molar-refractivity contribution in [2.75, 3.05) is 12.4 Å². The lowest BCUT2D eigenvalue weighted by Crippen LogP contribution is -2.04. The molecule has 30 heavy (non-hydrogen) atoms. The molecule has 0 unspecified atom stereocenters. The van der Waals surface area contributed by atoms with Gasteiger partial charge in [-0.2, -0.15) is 4.98 Å². The van der Waals surface area contributed by atoms with Crippen LogP contribution in [0.1, 0.15) is 16.2 Å². The first kappa shape index (κ1) is 19.1. The van der Waals surface area contributed by atoms with Gasteiger partial charge in [-0.1, -0.05) is 53.7 Å². The van der Waals surface area contributed by atoms with Crippen molar-refractivity contribution < 1.29 is 14.1 Å². The van der Waals surface area contributed by atoms with E-state index in [0.29, 0.717) is 11.5 Å². The minimum Gasteiger partial charge on any atom is -0.497 e. The summed E-state index contributed by atoms with van der Waals surface area (Å²) in [5.41, 5.74) is 3.05. The number of carbonyl (C=O) groups excluding carboxylic acids is 1. The molecule has 0 aliphatic heterocycles.